The lowest BCUT2D eigenvalue weighted by Gasteiger charge is -2.31. The largest absolute Gasteiger partial charge is 0.483 e. The zero-order chi connectivity index (χ0) is 23.8. The van der Waals surface area contributed by atoms with Crippen LogP contribution < -0.4 is 10.1 Å². The molecule has 0 heterocycles. The van der Waals surface area contributed by atoms with Gasteiger partial charge in [-0.25, -0.2) is 0 Å². The Kier molecular flexibility index (Phi) is 8.50. The van der Waals surface area contributed by atoms with Gasteiger partial charge in [0.05, 0.1) is 0 Å². The van der Waals surface area contributed by atoms with Gasteiger partial charge in [-0.3, -0.25) is 9.59 Å². The highest BCUT2D eigenvalue weighted by Crippen LogP contribution is 2.21. The summed E-state index contributed by atoms with van der Waals surface area (Å²) in [5.74, 6) is 0.164. The summed E-state index contributed by atoms with van der Waals surface area (Å²) in [5.41, 5.74) is 3.92. The van der Waals surface area contributed by atoms with E-state index in [0.717, 1.165) is 22.3 Å². The van der Waals surface area contributed by atoms with E-state index in [9.17, 15) is 9.59 Å². The van der Waals surface area contributed by atoms with Crippen LogP contribution in [0.5, 0.6) is 5.75 Å². The summed E-state index contributed by atoms with van der Waals surface area (Å²) in [4.78, 5) is 27.9. The summed E-state index contributed by atoms with van der Waals surface area (Å²) in [6.07, 6.45) is 0.392. The average Bonchev–Trinajstić information content (AvgIpc) is 2.83. The Bertz CT molecular complexity index is 1080. The minimum Gasteiger partial charge on any atom is -0.483 e. The minimum atomic E-state index is -0.692. The Morgan fingerprint density at radius 1 is 0.939 bits per heavy atom. The SMILES string of the molecule is CNC(=O)[C@@H](Cc1ccccc1)N(Cc1ccc(Cl)cc1)C(=O)COc1cccc(C)c1C. The topological polar surface area (TPSA) is 58.6 Å². The maximum atomic E-state index is 13.4. The zero-order valence-corrected chi connectivity index (χ0v) is 19.9. The van der Waals surface area contributed by atoms with Gasteiger partial charge in [0.1, 0.15) is 11.8 Å². The van der Waals surface area contributed by atoms with Crippen LogP contribution in [0.2, 0.25) is 5.02 Å². The number of likely N-dealkylation sites (N-methyl/N-ethyl adjacent to an activating group) is 1. The van der Waals surface area contributed by atoms with E-state index in [1.54, 1.807) is 24.1 Å². The molecule has 172 valence electrons. The van der Waals surface area contributed by atoms with Gasteiger partial charge in [0, 0.05) is 25.0 Å². The molecule has 0 fully saturated rings. The third-order valence-corrected chi connectivity index (χ3v) is 5.94. The number of rotatable bonds is 9. The molecule has 0 aromatic heterocycles. The number of aryl methyl sites for hydroxylation is 1. The first-order valence-corrected chi connectivity index (χ1v) is 11.2. The number of nitrogens with one attached hydrogen (secondary N) is 1. The second-order valence-corrected chi connectivity index (χ2v) is 8.39. The Morgan fingerprint density at radius 3 is 2.30 bits per heavy atom. The second kappa shape index (κ2) is 11.5. The second-order valence-electron chi connectivity index (χ2n) is 7.95. The van der Waals surface area contributed by atoms with Crippen LogP contribution >= 0.6 is 11.6 Å². The van der Waals surface area contributed by atoms with E-state index < -0.39 is 6.04 Å². The lowest BCUT2D eigenvalue weighted by molar-refractivity contribution is -0.142. The first-order chi connectivity index (χ1) is 15.9. The number of ether oxygens (including phenoxy) is 1. The van der Waals surface area contributed by atoms with Crippen molar-refractivity contribution in [1.82, 2.24) is 10.2 Å². The van der Waals surface area contributed by atoms with Crippen LogP contribution in [0.25, 0.3) is 0 Å². The third kappa shape index (κ3) is 6.59. The average molecular weight is 465 g/mol. The summed E-state index contributed by atoms with van der Waals surface area (Å²) in [7, 11) is 1.58. The molecule has 33 heavy (non-hydrogen) atoms. The van der Waals surface area contributed by atoms with Gasteiger partial charge in [-0.2, -0.15) is 0 Å². The maximum Gasteiger partial charge on any atom is 0.261 e. The van der Waals surface area contributed by atoms with Gasteiger partial charge >= 0.3 is 0 Å². The fraction of sp³-hybridized carbons (Fsp3) is 0.259. The molecule has 0 unspecified atom stereocenters. The molecule has 0 aliphatic carbocycles. The lowest BCUT2D eigenvalue weighted by atomic mass is 10.0. The standard InChI is InChI=1S/C27H29ClN2O3/c1-19-8-7-11-25(20(19)2)33-18-26(31)30(17-22-12-14-23(28)15-13-22)24(27(32)29-3)16-21-9-5-4-6-10-21/h4-15,24H,16-18H2,1-3H3,(H,29,32)/t24-/m1/s1. The molecule has 0 saturated carbocycles. The van der Waals surface area contributed by atoms with Gasteiger partial charge in [-0.15, -0.1) is 0 Å². The molecular formula is C27H29ClN2O3. The number of nitrogens with zero attached hydrogens (tertiary/aromatic N) is 1. The third-order valence-electron chi connectivity index (χ3n) is 5.69. The van der Waals surface area contributed by atoms with E-state index >= 15 is 0 Å². The van der Waals surface area contributed by atoms with E-state index in [2.05, 4.69) is 5.32 Å². The molecular weight excluding hydrogens is 436 g/mol. The highest BCUT2D eigenvalue weighted by molar-refractivity contribution is 6.30. The summed E-state index contributed by atoms with van der Waals surface area (Å²) in [6, 6.07) is 22.0. The number of hydrogen-bond acceptors (Lipinski definition) is 3. The smallest absolute Gasteiger partial charge is 0.261 e. The highest BCUT2D eigenvalue weighted by atomic mass is 35.5. The zero-order valence-electron chi connectivity index (χ0n) is 19.2. The number of benzene rings is 3. The van der Waals surface area contributed by atoms with Gasteiger partial charge < -0.3 is 15.0 Å². The van der Waals surface area contributed by atoms with Crippen molar-refractivity contribution in [2.45, 2.75) is 32.9 Å². The quantitative estimate of drug-likeness (QED) is 0.498. The first kappa shape index (κ1) is 24.3. The van der Waals surface area contributed by atoms with Crippen LogP contribution in [0.15, 0.2) is 72.8 Å². The first-order valence-electron chi connectivity index (χ1n) is 10.9. The summed E-state index contributed by atoms with van der Waals surface area (Å²) < 4.78 is 5.89. The number of carbonyl (C=O) groups is 2. The van der Waals surface area contributed by atoms with Gasteiger partial charge in [0.25, 0.3) is 5.91 Å². The normalized spacial score (nSPS) is 11.5. The molecule has 1 N–H and O–H groups in total. The van der Waals surface area contributed by atoms with Crippen LogP contribution in [0.3, 0.4) is 0 Å². The van der Waals surface area contributed by atoms with E-state index in [1.165, 1.54) is 0 Å². The van der Waals surface area contributed by atoms with Crippen LogP contribution in [-0.2, 0) is 22.6 Å². The van der Waals surface area contributed by atoms with Crippen LogP contribution in [0, 0.1) is 13.8 Å². The molecule has 1 atom stereocenters. The van der Waals surface area contributed by atoms with E-state index in [4.69, 9.17) is 16.3 Å². The van der Waals surface area contributed by atoms with E-state index in [-0.39, 0.29) is 25.0 Å². The van der Waals surface area contributed by atoms with Crippen LogP contribution in [0.4, 0.5) is 0 Å². The van der Waals surface area contributed by atoms with Crippen molar-refractivity contribution in [2.24, 2.45) is 0 Å². The number of carbonyl (C=O) groups excluding carboxylic acids is 2. The predicted molar refractivity (Wildman–Crippen MR) is 131 cm³/mol. The molecule has 6 heteroatoms. The lowest BCUT2D eigenvalue weighted by Crippen LogP contribution is -2.51. The molecule has 2 amide bonds. The molecule has 3 aromatic carbocycles. The summed E-state index contributed by atoms with van der Waals surface area (Å²) in [6.45, 7) is 4.05. The van der Waals surface area contributed by atoms with E-state index in [1.807, 2.05) is 74.5 Å². The van der Waals surface area contributed by atoms with Crippen molar-refractivity contribution >= 4 is 23.4 Å². The molecule has 3 rings (SSSR count). The number of hydrogen-bond donors (Lipinski definition) is 1. The van der Waals surface area contributed by atoms with Gasteiger partial charge in [-0.1, -0.05) is 66.2 Å². The van der Waals surface area contributed by atoms with Gasteiger partial charge in [0.15, 0.2) is 6.61 Å². The van der Waals surface area contributed by atoms with Crippen molar-refractivity contribution in [3.05, 3.63) is 100 Å². The van der Waals surface area contributed by atoms with E-state index in [0.29, 0.717) is 17.2 Å². The molecule has 5 nitrogen and oxygen atoms in total. The van der Waals surface area contributed by atoms with Crippen molar-refractivity contribution < 1.29 is 14.3 Å². The fourth-order valence-corrected chi connectivity index (χ4v) is 3.74. The Labute approximate surface area is 200 Å². The fourth-order valence-electron chi connectivity index (χ4n) is 3.61. The minimum absolute atomic E-state index is 0.167. The molecule has 3 aromatic rings. The van der Waals surface area contributed by atoms with Crippen LogP contribution in [-0.4, -0.2) is 36.4 Å². The van der Waals surface area contributed by atoms with Crippen LogP contribution in [0.1, 0.15) is 22.3 Å². The molecule has 0 radical (unpaired) electrons. The van der Waals surface area contributed by atoms with Crippen molar-refractivity contribution in [3.8, 4) is 5.75 Å². The maximum absolute atomic E-state index is 13.4. The number of halogens is 1. The monoisotopic (exact) mass is 464 g/mol. The Morgan fingerprint density at radius 2 is 1.64 bits per heavy atom. The molecule has 0 spiro atoms. The van der Waals surface area contributed by atoms with Crippen molar-refractivity contribution in [3.63, 3.8) is 0 Å². The Balaban J connectivity index is 1.88. The molecule has 0 bridgehead atoms. The molecule has 0 saturated heterocycles. The van der Waals surface area contributed by atoms with Crippen molar-refractivity contribution in [1.29, 1.82) is 0 Å². The van der Waals surface area contributed by atoms with Crippen molar-refractivity contribution in [2.75, 3.05) is 13.7 Å². The highest BCUT2D eigenvalue weighted by Gasteiger charge is 2.30. The van der Waals surface area contributed by atoms with Gasteiger partial charge in [-0.05, 0) is 54.3 Å². The summed E-state index contributed by atoms with van der Waals surface area (Å²) >= 11 is 6.03. The molecule has 0 aliphatic heterocycles. The number of amides is 2. The molecule has 0 aliphatic rings. The Hall–Kier alpha value is -3.31. The van der Waals surface area contributed by atoms with Gasteiger partial charge in [0.2, 0.25) is 5.91 Å². The predicted octanol–water partition coefficient (Wildman–Crippen LogP) is 4.72. The summed E-state index contributed by atoms with van der Waals surface area (Å²) in [5, 5.41) is 3.32.